The number of hydrogen-bond donors (Lipinski definition) is 1. The number of nitrogens with one attached hydrogen (secondary N) is 1. The van der Waals surface area contributed by atoms with E-state index in [0.717, 1.165) is 16.8 Å². The third kappa shape index (κ3) is 3.71. The van der Waals surface area contributed by atoms with Gasteiger partial charge in [-0.25, -0.2) is 0 Å². The summed E-state index contributed by atoms with van der Waals surface area (Å²) in [5.41, 5.74) is 3.14. The summed E-state index contributed by atoms with van der Waals surface area (Å²) in [4.78, 5) is 36.0. The van der Waals surface area contributed by atoms with E-state index in [4.69, 9.17) is 11.6 Å². The summed E-state index contributed by atoms with van der Waals surface area (Å²) in [5, 5.41) is 14.4. The third-order valence-electron chi connectivity index (χ3n) is 5.11. The lowest BCUT2D eigenvalue weighted by atomic mass is 10.0. The van der Waals surface area contributed by atoms with Crippen LogP contribution < -0.4 is 5.32 Å². The number of carbonyl (C=O) groups is 2. The van der Waals surface area contributed by atoms with Crippen molar-refractivity contribution in [1.29, 1.82) is 0 Å². The molecule has 0 bridgehead atoms. The highest BCUT2D eigenvalue weighted by atomic mass is 35.5. The molecule has 154 valence electrons. The summed E-state index contributed by atoms with van der Waals surface area (Å²) >= 11 is 6.21. The zero-order valence-electron chi connectivity index (χ0n) is 16.9. The van der Waals surface area contributed by atoms with Crippen LogP contribution in [0, 0.1) is 30.9 Å². The van der Waals surface area contributed by atoms with Gasteiger partial charge in [0.25, 0.3) is 5.69 Å². The van der Waals surface area contributed by atoms with Crippen molar-refractivity contribution < 1.29 is 14.5 Å². The van der Waals surface area contributed by atoms with Gasteiger partial charge in [-0.1, -0.05) is 23.7 Å². The Bertz CT molecular complexity index is 1200. The van der Waals surface area contributed by atoms with E-state index in [1.165, 1.54) is 25.1 Å². The molecule has 1 aromatic heterocycles. The van der Waals surface area contributed by atoms with E-state index in [2.05, 4.69) is 5.32 Å². The van der Waals surface area contributed by atoms with Crippen molar-refractivity contribution in [2.75, 3.05) is 5.32 Å². The summed E-state index contributed by atoms with van der Waals surface area (Å²) in [5.74, 6) is -0.200. The fourth-order valence-electron chi connectivity index (χ4n) is 3.37. The van der Waals surface area contributed by atoms with Crippen LogP contribution in [0.3, 0.4) is 0 Å². The van der Waals surface area contributed by atoms with Crippen molar-refractivity contribution in [2.24, 2.45) is 0 Å². The van der Waals surface area contributed by atoms with Crippen molar-refractivity contribution >= 4 is 34.8 Å². The smallest absolute Gasteiger partial charge is 0.270 e. The molecule has 0 aliphatic rings. The molecule has 0 saturated carbocycles. The number of anilines is 1. The molecule has 0 radical (unpaired) electrons. The van der Waals surface area contributed by atoms with Crippen LogP contribution in [0.2, 0.25) is 5.02 Å². The first kappa shape index (κ1) is 21.3. The second kappa shape index (κ2) is 8.12. The molecule has 3 aromatic rings. The van der Waals surface area contributed by atoms with E-state index < -0.39 is 10.7 Å². The van der Waals surface area contributed by atoms with Gasteiger partial charge in [-0.15, -0.1) is 0 Å². The molecular weight excluding hydrogens is 406 g/mol. The van der Waals surface area contributed by atoms with E-state index in [-0.39, 0.29) is 27.7 Å². The topological polar surface area (TPSA) is 94.2 Å². The first-order valence-electron chi connectivity index (χ1n) is 9.17. The highest BCUT2D eigenvalue weighted by Crippen LogP contribution is 2.34. The molecule has 0 aliphatic carbocycles. The van der Waals surface area contributed by atoms with E-state index in [1.54, 1.807) is 28.8 Å². The SMILES string of the molecule is CC(=O)Nc1c(C)c(C)c(C)n1-c1ccc([N+](=O)[O-])cc1C(=O)c1ccccc1Cl. The number of ketones is 1. The van der Waals surface area contributed by atoms with Crippen LogP contribution in [-0.2, 0) is 4.79 Å². The second-order valence-electron chi connectivity index (χ2n) is 6.97. The summed E-state index contributed by atoms with van der Waals surface area (Å²) in [6.45, 7) is 7.03. The Hall–Kier alpha value is -3.45. The maximum atomic E-state index is 13.4. The van der Waals surface area contributed by atoms with Crippen LogP contribution in [0.15, 0.2) is 42.5 Å². The molecule has 1 heterocycles. The molecular formula is C22H20ClN3O4. The van der Waals surface area contributed by atoms with Crippen LogP contribution in [0.25, 0.3) is 5.69 Å². The molecule has 8 heteroatoms. The van der Waals surface area contributed by atoms with Gasteiger partial charge in [-0.05, 0) is 50.1 Å². The second-order valence-corrected chi connectivity index (χ2v) is 7.38. The minimum absolute atomic E-state index is 0.113. The van der Waals surface area contributed by atoms with Crippen molar-refractivity contribution in [2.45, 2.75) is 27.7 Å². The standard InChI is InChI=1S/C22H20ClN3O4/c1-12-13(2)22(24-15(4)27)25(14(12)3)20-10-9-16(26(29)30)11-18(20)21(28)17-7-5-6-8-19(17)23/h5-11H,1-4H3,(H,24,27). The number of halogens is 1. The summed E-state index contributed by atoms with van der Waals surface area (Å²) in [6, 6.07) is 10.6. The minimum atomic E-state index is -0.555. The van der Waals surface area contributed by atoms with Gasteiger partial charge < -0.3 is 5.32 Å². The lowest BCUT2D eigenvalue weighted by Crippen LogP contribution is -2.15. The van der Waals surface area contributed by atoms with Gasteiger partial charge in [-0.3, -0.25) is 24.3 Å². The molecule has 1 N–H and O–H groups in total. The average Bonchev–Trinajstić information content (AvgIpc) is 2.90. The van der Waals surface area contributed by atoms with E-state index in [9.17, 15) is 19.7 Å². The molecule has 0 spiro atoms. The van der Waals surface area contributed by atoms with Crippen molar-refractivity contribution in [3.63, 3.8) is 0 Å². The Morgan fingerprint density at radius 1 is 1.03 bits per heavy atom. The van der Waals surface area contributed by atoms with Gasteiger partial charge in [0.05, 0.1) is 21.2 Å². The Balaban J connectivity index is 2.34. The molecule has 0 atom stereocenters. The average molecular weight is 426 g/mol. The molecule has 0 aliphatic heterocycles. The van der Waals surface area contributed by atoms with Crippen molar-refractivity contribution in [3.8, 4) is 5.69 Å². The van der Waals surface area contributed by atoms with Gasteiger partial charge in [0, 0.05) is 30.3 Å². The number of non-ortho nitro benzene ring substituents is 1. The lowest BCUT2D eigenvalue weighted by molar-refractivity contribution is -0.384. The number of nitro groups is 1. The van der Waals surface area contributed by atoms with Gasteiger partial charge >= 0.3 is 0 Å². The van der Waals surface area contributed by atoms with Crippen LogP contribution in [0.4, 0.5) is 11.5 Å². The normalized spacial score (nSPS) is 10.7. The first-order chi connectivity index (χ1) is 14.1. The number of amides is 1. The fraction of sp³-hybridized carbons (Fsp3) is 0.182. The third-order valence-corrected chi connectivity index (χ3v) is 5.44. The Morgan fingerprint density at radius 3 is 2.30 bits per heavy atom. The molecule has 3 rings (SSSR count). The van der Waals surface area contributed by atoms with Crippen molar-refractivity contribution in [1.82, 2.24) is 4.57 Å². The minimum Gasteiger partial charge on any atom is -0.312 e. The maximum Gasteiger partial charge on any atom is 0.270 e. The molecule has 0 fully saturated rings. The summed E-state index contributed by atoms with van der Waals surface area (Å²) in [6.07, 6.45) is 0. The van der Waals surface area contributed by atoms with Crippen LogP contribution in [0.1, 0.15) is 39.7 Å². The van der Waals surface area contributed by atoms with E-state index in [0.29, 0.717) is 11.5 Å². The maximum absolute atomic E-state index is 13.4. The molecule has 30 heavy (non-hydrogen) atoms. The number of benzene rings is 2. The fourth-order valence-corrected chi connectivity index (χ4v) is 3.60. The Labute approximate surface area is 178 Å². The van der Waals surface area contributed by atoms with E-state index in [1.807, 2.05) is 20.8 Å². The number of hydrogen-bond acceptors (Lipinski definition) is 4. The van der Waals surface area contributed by atoms with Gasteiger partial charge in [0.1, 0.15) is 5.82 Å². The first-order valence-corrected chi connectivity index (χ1v) is 9.55. The van der Waals surface area contributed by atoms with Gasteiger partial charge in [-0.2, -0.15) is 0 Å². The highest BCUT2D eigenvalue weighted by molar-refractivity contribution is 6.35. The van der Waals surface area contributed by atoms with Gasteiger partial charge in [0.15, 0.2) is 5.78 Å². The van der Waals surface area contributed by atoms with Crippen LogP contribution in [0.5, 0.6) is 0 Å². The summed E-state index contributed by atoms with van der Waals surface area (Å²) in [7, 11) is 0. The van der Waals surface area contributed by atoms with Crippen LogP contribution in [-0.4, -0.2) is 21.2 Å². The predicted octanol–water partition coefficient (Wildman–Crippen LogP) is 5.15. The van der Waals surface area contributed by atoms with Gasteiger partial charge in [0.2, 0.25) is 5.91 Å². The lowest BCUT2D eigenvalue weighted by Gasteiger charge is -2.16. The Morgan fingerprint density at radius 2 is 1.70 bits per heavy atom. The monoisotopic (exact) mass is 425 g/mol. The molecule has 0 unspecified atom stereocenters. The molecule has 0 saturated heterocycles. The summed E-state index contributed by atoms with van der Waals surface area (Å²) < 4.78 is 1.74. The number of aromatic nitrogens is 1. The predicted molar refractivity (Wildman–Crippen MR) is 116 cm³/mol. The largest absolute Gasteiger partial charge is 0.312 e. The molecule has 7 nitrogen and oxygen atoms in total. The number of rotatable bonds is 5. The number of nitro benzene ring substituents is 1. The zero-order valence-corrected chi connectivity index (χ0v) is 17.7. The number of carbonyl (C=O) groups excluding carboxylic acids is 2. The van der Waals surface area contributed by atoms with Crippen molar-refractivity contribution in [3.05, 3.63) is 85.5 Å². The zero-order chi connectivity index (χ0) is 22.2. The van der Waals surface area contributed by atoms with E-state index >= 15 is 0 Å². The quantitative estimate of drug-likeness (QED) is 0.347. The molecule has 2 aromatic carbocycles. The Kier molecular flexibility index (Phi) is 5.75. The number of nitrogens with zero attached hydrogens (tertiary/aromatic N) is 2. The van der Waals surface area contributed by atoms with Crippen LogP contribution >= 0.6 is 11.6 Å². The molecule has 1 amide bonds. The highest BCUT2D eigenvalue weighted by Gasteiger charge is 2.25.